The largest absolute Gasteiger partial charge is 0.756 e. The SMILES string of the molecule is CCCCCCCCCCCCCCCCOCC(CN(CCc1ccccc1)C(C)=O)OP(=O)([O-])OCC[N+](C)(C)C. The summed E-state index contributed by atoms with van der Waals surface area (Å²) in [5.74, 6) is -0.136. The second-order valence-corrected chi connectivity index (χ2v) is 14.3. The number of amides is 1. The van der Waals surface area contributed by atoms with Gasteiger partial charge in [0.15, 0.2) is 0 Å². The number of rotatable bonds is 28. The molecule has 0 bridgehead atoms. The smallest absolute Gasteiger partial charge is 0.268 e. The number of benzene rings is 1. The monoisotopic (exact) mass is 626 g/mol. The van der Waals surface area contributed by atoms with Crippen molar-refractivity contribution in [3.8, 4) is 0 Å². The van der Waals surface area contributed by atoms with Gasteiger partial charge in [-0.25, -0.2) is 0 Å². The average Bonchev–Trinajstić information content (AvgIpc) is 2.94. The Hall–Kier alpha value is -1.28. The second-order valence-electron chi connectivity index (χ2n) is 12.9. The maximum atomic E-state index is 12.6. The minimum atomic E-state index is -4.57. The number of carbonyl (C=O) groups is 1. The number of hydrogen-bond donors (Lipinski definition) is 0. The van der Waals surface area contributed by atoms with E-state index in [1.807, 2.05) is 51.5 Å². The zero-order chi connectivity index (χ0) is 31.8. The first-order valence-corrected chi connectivity index (χ1v) is 18.3. The summed E-state index contributed by atoms with van der Waals surface area (Å²) in [6.07, 6.45) is 17.9. The van der Waals surface area contributed by atoms with E-state index in [0.29, 0.717) is 30.6 Å². The zero-order valence-electron chi connectivity index (χ0n) is 28.1. The first kappa shape index (κ1) is 39.7. The molecule has 0 aliphatic carbocycles. The molecule has 250 valence electrons. The van der Waals surface area contributed by atoms with E-state index in [0.717, 1.165) is 18.4 Å². The Morgan fingerprint density at radius 2 is 1.40 bits per heavy atom. The fraction of sp³-hybridized carbons (Fsp3) is 0.794. The van der Waals surface area contributed by atoms with E-state index in [9.17, 15) is 14.3 Å². The van der Waals surface area contributed by atoms with Crippen LogP contribution in [0, 0.1) is 0 Å². The molecule has 8 nitrogen and oxygen atoms in total. The number of likely N-dealkylation sites (N-methyl/N-ethyl adjacent to an activating group) is 1. The predicted molar refractivity (Wildman–Crippen MR) is 175 cm³/mol. The maximum absolute atomic E-state index is 12.6. The highest BCUT2D eigenvalue weighted by molar-refractivity contribution is 7.45. The number of nitrogens with zero attached hydrogens (tertiary/aromatic N) is 2. The van der Waals surface area contributed by atoms with E-state index >= 15 is 0 Å². The fourth-order valence-electron chi connectivity index (χ4n) is 4.90. The lowest BCUT2D eigenvalue weighted by molar-refractivity contribution is -0.870. The van der Waals surface area contributed by atoms with Crippen LogP contribution in [0.15, 0.2) is 30.3 Å². The highest BCUT2D eigenvalue weighted by Gasteiger charge is 2.23. The third-order valence-electron chi connectivity index (χ3n) is 7.62. The third kappa shape index (κ3) is 23.7. The van der Waals surface area contributed by atoms with E-state index in [-0.39, 0.29) is 25.7 Å². The van der Waals surface area contributed by atoms with Crippen molar-refractivity contribution in [1.29, 1.82) is 0 Å². The van der Waals surface area contributed by atoms with E-state index in [4.69, 9.17) is 13.8 Å². The number of phosphoric acid groups is 1. The van der Waals surface area contributed by atoms with Crippen molar-refractivity contribution < 1.29 is 32.5 Å². The standard InChI is InChI=1S/C34H63N2O6P/c1-6-7-8-9-10-11-12-13-14-15-16-17-18-22-28-40-31-34(42-43(38,39)41-29-27-36(3,4)5)30-35(32(2)37)26-25-33-23-20-19-21-24-33/h19-21,23-24,34H,6-18,22,25-31H2,1-5H3. The molecule has 1 aromatic carbocycles. The molecule has 0 heterocycles. The first-order chi connectivity index (χ1) is 20.5. The van der Waals surface area contributed by atoms with Crippen LogP contribution in [0.25, 0.3) is 0 Å². The van der Waals surface area contributed by atoms with Crippen molar-refractivity contribution in [2.75, 3.05) is 60.6 Å². The Labute approximate surface area is 263 Å². The Morgan fingerprint density at radius 3 is 1.91 bits per heavy atom. The van der Waals surface area contributed by atoms with Crippen molar-refractivity contribution >= 4 is 13.7 Å². The average molecular weight is 627 g/mol. The van der Waals surface area contributed by atoms with Crippen LogP contribution in [0.4, 0.5) is 0 Å². The number of hydrogen-bond acceptors (Lipinski definition) is 6. The molecule has 43 heavy (non-hydrogen) atoms. The lowest BCUT2D eigenvalue weighted by Crippen LogP contribution is -2.41. The van der Waals surface area contributed by atoms with Crippen LogP contribution < -0.4 is 4.89 Å². The predicted octanol–water partition coefficient (Wildman–Crippen LogP) is 7.15. The van der Waals surface area contributed by atoms with Gasteiger partial charge in [-0.05, 0) is 18.4 Å². The number of carbonyl (C=O) groups excluding carboxylic acids is 1. The third-order valence-corrected chi connectivity index (χ3v) is 8.67. The maximum Gasteiger partial charge on any atom is 0.268 e. The van der Waals surface area contributed by atoms with Gasteiger partial charge >= 0.3 is 0 Å². The Kier molecular flexibility index (Phi) is 22.2. The van der Waals surface area contributed by atoms with Gasteiger partial charge in [-0.15, -0.1) is 0 Å². The quantitative estimate of drug-likeness (QED) is 0.0558. The lowest BCUT2D eigenvalue weighted by atomic mass is 10.0. The van der Waals surface area contributed by atoms with Gasteiger partial charge in [0.1, 0.15) is 19.3 Å². The minimum Gasteiger partial charge on any atom is -0.756 e. The van der Waals surface area contributed by atoms with Crippen molar-refractivity contribution in [3.63, 3.8) is 0 Å². The molecule has 0 aromatic heterocycles. The molecule has 1 rings (SSSR count). The molecule has 0 saturated heterocycles. The van der Waals surface area contributed by atoms with Gasteiger partial charge < -0.3 is 28.1 Å². The molecule has 1 amide bonds. The molecular formula is C34H63N2O6P. The number of phosphoric ester groups is 1. The summed E-state index contributed by atoms with van der Waals surface area (Å²) in [7, 11) is 1.32. The molecule has 0 N–H and O–H groups in total. The van der Waals surface area contributed by atoms with Crippen LogP contribution in [0.2, 0.25) is 0 Å². The van der Waals surface area contributed by atoms with Crippen molar-refractivity contribution in [2.24, 2.45) is 0 Å². The van der Waals surface area contributed by atoms with Crippen LogP contribution in [0.5, 0.6) is 0 Å². The van der Waals surface area contributed by atoms with E-state index in [1.54, 1.807) is 4.90 Å². The topological polar surface area (TPSA) is 88.1 Å². The van der Waals surface area contributed by atoms with Crippen LogP contribution in [0.1, 0.15) is 109 Å². The van der Waals surface area contributed by atoms with E-state index in [2.05, 4.69) is 6.92 Å². The summed E-state index contributed by atoms with van der Waals surface area (Å²) in [5.41, 5.74) is 1.11. The van der Waals surface area contributed by atoms with Crippen molar-refractivity contribution in [2.45, 2.75) is 116 Å². The van der Waals surface area contributed by atoms with Gasteiger partial charge in [0.25, 0.3) is 7.82 Å². The summed E-state index contributed by atoms with van der Waals surface area (Å²) in [5, 5.41) is 0. The van der Waals surface area contributed by atoms with Crippen LogP contribution in [-0.4, -0.2) is 82.0 Å². The molecule has 1 aromatic rings. The molecule has 0 saturated carbocycles. The Balaban J connectivity index is 2.41. The molecule has 0 radical (unpaired) electrons. The molecule has 2 unspecified atom stereocenters. The van der Waals surface area contributed by atoms with Gasteiger partial charge in [-0.1, -0.05) is 121 Å². The van der Waals surface area contributed by atoms with Crippen LogP contribution in [-0.2, 0) is 29.6 Å². The molecule has 0 fully saturated rings. The highest BCUT2D eigenvalue weighted by Crippen LogP contribution is 2.40. The molecule has 9 heteroatoms. The van der Waals surface area contributed by atoms with Crippen molar-refractivity contribution in [3.05, 3.63) is 35.9 Å². The number of unbranched alkanes of at least 4 members (excludes halogenated alkanes) is 13. The normalized spacial score (nSPS) is 14.0. The summed E-state index contributed by atoms with van der Waals surface area (Å²) < 4.78 is 29.7. The molecule has 0 spiro atoms. The summed E-state index contributed by atoms with van der Waals surface area (Å²) in [6.45, 7) is 5.50. The first-order valence-electron chi connectivity index (χ1n) is 16.8. The van der Waals surface area contributed by atoms with E-state index in [1.165, 1.54) is 84.0 Å². The summed E-state index contributed by atoms with van der Waals surface area (Å²) in [6, 6.07) is 9.91. The minimum absolute atomic E-state index is 0.0291. The van der Waals surface area contributed by atoms with E-state index < -0.39 is 13.9 Å². The molecular weight excluding hydrogens is 563 g/mol. The number of ether oxygens (including phenoxy) is 1. The zero-order valence-corrected chi connectivity index (χ0v) is 29.0. The Morgan fingerprint density at radius 1 is 0.860 bits per heavy atom. The van der Waals surface area contributed by atoms with Gasteiger partial charge in [0.05, 0.1) is 27.7 Å². The summed E-state index contributed by atoms with van der Waals surface area (Å²) in [4.78, 5) is 26.7. The van der Waals surface area contributed by atoms with Crippen LogP contribution >= 0.6 is 7.82 Å². The summed E-state index contributed by atoms with van der Waals surface area (Å²) >= 11 is 0. The second kappa shape index (κ2) is 24.0. The van der Waals surface area contributed by atoms with Gasteiger partial charge in [-0.3, -0.25) is 9.36 Å². The Bertz CT molecular complexity index is 864. The van der Waals surface area contributed by atoms with Crippen molar-refractivity contribution in [1.82, 2.24) is 4.90 Å². The highest BCUT2D eigenvalue weighted by atomic mass is 31.2. The fourth-order valence-corrected chi connectivity index (χ4v) is 5.76. The molecule has 0 aliphatic heterocycles. The van der Waals surface area contributed by atoms with Crippen LogP contribution in [0.3, 0.4) is 0 Å². The van der Waals surface area contributed by atoms with Gasteiger partial charge in [-0.2, -0.15) is 0 Å². The molecule has 2 atom stereocenters. The lowest BCUT2D eigenvalue weighted by Gasteiger charge is -2.32. The van der Waals surface area contributed by atoms with Gasteiger partial charge in [0.2, 0.25) is 5.91 Å². The molecule has 0 aliphatic rings. The number of quaternary nitrogens is 1. The van der Waals surface area contributed by atoms with Gasteiger partial charge in [0, 0.05) is 26.6 Å².